The second kappa shape index (κ2) is 7.53. The van der Waals surface area contributed by atoms with Gasteiger partial charge in [0, 0.05) is 5.56 Å². The normalized spacial score (nSPS) is 17.4. The van der Waals surface area contributed by atoms with Gasteiger partial charge in [0.2, 0.25) is 0 Å². The number of nitrogens with zero attached hydrogens (tertiary/aromatic N) is 2. The molecule has 0 N–H and O–H groups in total. The highest BCUT2D eigenvalue weighted by Gasteiger charge is 2.32. The first-order chi connectivity index (χ1) is 15.7. The summed E-state index contributed by atoms with van der Waals surface area (Å²) in [5, 5.41) is 0. The van der Waals surface area contributed by atoms with Crippen molar-refractivity contribution in [2.75, 3.05) is 0 Å². The third-order valence-electron chi connectivity index (χ3n) is 6.16. The Kier molecular flexibility index (Phi) is 4.51. The SMILES string of the molecule is O=c1/c(=C\c2ccccc2)sc2n1[C@H](c1ccc(F)cc1)C1=C(N=2)c2ccccc2CC1. The van der Waals surface area contributed by atoms with Gasteiger partial charge in [-0.2, -0.15) is 0 Å². The molecule has 0 fully saturated rings. The number of hydrogen-bond donors (Lipinski definition) is 0. The van der Waals surface area contributed by atoms with Crippen molar-refractivity contribution in [2.24, 2.45) is 4.99 Å². The Hall–Kier alpha value is -3.57. The number of benzene rings is 3. The summed E-state index contributed by atoms with van der Waals surface area (Å²) in [7, 11) is 0. The molecule has 1 atom stereocenters. The molecule has 2 heterocycles. The molecule has 32 heavy (non-hydrogen) atoms. The first-order valence-corrected chi connectivity index (χ1v) is 11.4. The number of aromatic nitrogens is 1. The maximum absolute atomic E-state index is 13.7. The maximum Gasteiger partial charge on any atom is 0.271 e. The van der Waals surface area contributed by atoms with Crippen LogP contribution in [0.3, 0.4) is 0 Å². The number of hydrogen-bond acceptors (Lipinski definition) is 3. The molecule has 1 aliphatic heterocycles. The number of allylic oxidation sites excluding steroid dienone is 1. The molecule has 0 amide bonds. The number of aryl methyl sites for hydroxylation is 1. The average molecular weight is 439 g/mol. The lowest BCUT2D eigenvalue weighted by molar-refractivity contribution is 0.581. The molecule has 5 heteroatoms. The Labute approximate surface area is 188 Å². The first-order valence-electron chi connectivity index (χ1n) is 10.6. The van der Waals surface area contributed by atoms with Crippen LogP contribution in [0.2, 0.25) is 0 Å². The summed E-state index contributed by atoms with van der Waals surface area (Å²) in [4.78, 5) is 19.2. The van der Waals surface area contributed by atoms with Crippen molar-refractivity contribution < 1.29 is 4.39 Å². The highest BCUT2D eigenvalue weighted by atomic mass is 32.1. The molecule has 0 bridgehead atoms. The van der Waals surface area contributed by atoms with E-state index in [1.807, 2.05) is 42.5 Å². The molecule has 0 saturated carbocycles. The minimum absolute atomic E-state index is 0.0580. The van der Waals surface area contributed by atoms with E-state index in [0.717, 1.165) is 40.8 Å². The van der Waals surface area contributed by atoms with Gasteiger partial charge >= 0.3 is 0 Å². The Morgan fingerprint density at radius 3 is 2.50 bits per heavy atom. The minimum atomic E-state index is -0.284. The molecule has 2 aliphatic rings. The van der Waals surface area contributed by atoms with Crippen LogP contribution >= 0.6 is 11.3 Å². The highest BCUT2D eigenvalue weighted by Crippen LogP contribution is 2.41. The van der Waals surface area contributed by atoms with Crippen molar-refractivity contribution in [1.29, 1.82) is 0 Å². The highest BCUT2D eigenvalue weighted by molar-refractivity contribution is 7.07. The maximum atomic E-state index is 13.7. The molecule has 1 aliphatic carbocycles. The molecule has 0 spiro atoms. The summed E-state index contributed by atoms with van der Waals surface area (Å²) >= 11 is 1.41. The smallest absolute Gasteiger partial charge is 0.271 e. The summed E-state index contributed by atoms with van der Waals surface area (Å²) in [6, 6.07) is 24.4. The van der Waals surface area contributed by atoms with Crippen LogP contribution in [0, 0.1) is 5.82 Å². The Morgan fingerprint density at radius 2 is 1.69 bits per heavy atom. The van der Waals surface area contributed by atoms with Crippen molar-refractivity contribution in [3.63, 3.8) is 0 Å². The van der Waals surface area contributed by atoms with Crippen LogP contribution < -0.4 is 14.9 Å². The molecule has 0 saturated heterocycles. The number of thiazole rings is 1. The average Bonchev–Trinajstić information content (AvgIpc) is 3.13. The number of halogens is 1. The Morgan fingerprint density at radius 1 is 0.938 bits per heavy atom. The van der Waals surface area contributed by atoms with Gasteiger partial charge in [0.25, 0.3) is 5.56 Å². The van der Waals surface area contributed by atoms with Gasteiger partial charge in [0.15, 0.2) is 4.80 Å². The van der Waals surface area contributed by atoms with Gasteiger partial charge in [-0.15, -0.1) is 0 Å². The van der Waals surface area contributed by atoms with Crippen molar-refractivity contribution in [3.8, 4) is 0 Å². The van der Waals surface area contributed by atoms with E-state index in [2.05, 4.69) is 18.2 Å². The second-order valence-electron chi connectivity index (χ2n) is 8.08. The van der Waals surface area contributed by atoms with E-state index in [9.17, 15) is 9.18 Å². The minimum Gasteiger partial charge on any atom is -0.272 e. The number of rotatable bonds is 2. The Bertz CT molecular complexity index is 1550. The van der Waals surface area contributed by atoms with Gasteiger partial charge < -0.3 is 0 Å². The number of fused-ring (bicyclic) bond motifs is 3. The van der Waals surface area contributed by atoms with E-state index < -0.39 is 0 Å². The summed E-state index contributed by atoms with van der Waals surface area (Å²) in [5.74, 6) is -0.284. The molecule has 3 nitrogen and oxygen atoms in total. The van der Waals surface area contributed by atoms with Crippen molar-refractivity contribution in [3.05, 3.63) is 132 Å². The van der Waals surface area contributed by atoms with Crippen LogP contribution in [0.1, 0.15) is 34.7 Å². The molecule has 0 unspecified atom stereocenters. The van der Waals surface area contributed by atoms with Gasteiger partial charge in [0.1, 0.15) is 5.82 Å². The zero-order valence-electron chi connectivity index (χ0n) is 17.2. The molecule has 3 aromatic carbocycles. The van der Waals surface area contributed by atoms with Crippen LogP contribution in [0.25, 0.3) is 11.8 Å². The van der Waals surface area contributed by atoms with E-state index in [1.165, 1.54) is 29.0 Å². The van der Waals surface area contributed by atoms with E-state index in [1.54, 1.807) is 16.7 Å². The Balaban J connectivity index is 1.64. The lowest BCUT2D eigenvalue weighted by atomic mass is 9.83. The molecular weight excluding hydrogens is 419 g/mol. The fraction of sp³-hybridized carbons (Fsp3) is 0.111. The zero-order valence-corrected chi connectivity index (χ0v) is 18.0. The zero-order chi connectivity index (χ0) is 21.7. The summed E-state index contributed by atoms with van der Waals surface area (Å²) in [6.07, 6.45) is 3.64. The van der Waals surface area contributed by atoms with Crippen molar-refractivity contribution in [1.82, 2.24) is 4.57 Å². The van der Waals surface area contributed by atoms with Gasteiger partial charge in [-0.25, -0.2) is 9.38 Å². The fourth-order valence-electron chi connectivity index (χ4n) is 4.67. The van der Waals surface area contributed by atoms with Crippen LogP contribution in [-0.4, -0.2) is 4.57 Å². The quantitative estimate of drug-likeness (QED) is 0.455. The summed E-state index contributed by atoms with van der Waals surface area (Å²) < 4.78 is 16.1. The molecule has 6 rings (SSSR count). The standard InChI is InChI=1S/C27H19FN2OS/c28-20-13-10-19(11-14-20)25-22-15-12-18-8-4-5-9-21(18)24(22)29-27-30(25)26(31)23(32-27)16-17-6-2-1-3-7-17/h1-11,13-14,16,25H,12,15H2/b23-16+/t25-/m1/s1. The van der Waals surface area contributed by atoms with Crippen molar-refractivity contribution in [2.45, 2.75) is 18.9 Å². The summed E-state index contributed by atoms with van der Waals surface area (Å²) in [5.41, 5.74) is 6.30. The van der Waals surface area contributed by atoms with Crippen LogP contribution in [0.4, 0.5) is 4.39 Å². The van der Waals surface area contributed by atoms with Gasteiger partial charge in [0.05, 0.1) is 16.3 Å². The topological polar surface area (TPSA) is 34.4 Å². The largest absolute Gasteiger partial charge is 0.272 e. The monoisotopic (exact) mass is 438 g/mol. The lowest BCUT2D eigenvalue weighted by Gasteiger charge is -2.30. The van der Waals surface area contributed by atoms with Gasteiger partial charge in [-0.3, -0.25) is 9.36 Å². The van der Waals surface area contributed by atoms with Gasteiger partial charge in [-0.05, 0) is 53.3 Å². The van der Waals surface area contributed by atoms with Gasteiger partial charge in [-0.1, -0.05) is 78.1 Å². The van der Waals surface area contributed by atoms with E-state index >= 15 is 0 Å². The van der Waals surface area contributed by atoms with Crippen LogP contribution in [-0.2, 0) is 6.42 Å². The first kappa shape index (κ1) is 19.1. The molecule has 1 aromatic heterocycles. The third kappa shape index (κ3) is 3.09. The van der Waals surface area contributed by atoms with E-state index in [0.29, 0.717) is 9.33 Å². The summed E-state index contributed by atoms with van der Waals surface area (Å²) in [6.45, 7) is 0. The van der Waals surface area contributed by atoms with Crippen LogP contribution in [0.15, 0.2) is 94.2 Å². The van der Waals surface area contributed by atoms with E-state index in [-0.39, 0.29) is 17.4 Å². The predicted octanol–water partition coefficient (Wildman–Crippen LogP) is 4.46. The molecule has 156 valence electrons. The van der Waals surface area contributed by atoms with E-state index in [4.69, 9.17) is 4.99 Å². The lowest BCUT2D eigenvalue weighted by Crippen LogP contribution is -2.38. The second-order valence-corrected chi connectivity index (χ2v) is 9.09. The molecule has 0 radical (unpaired) electrons. The third-order valence-corrected chi connectivity index (χ3v) is 7.14. The predicted molar refractivity (Wildman–Crippen MR) is 126 cm³/mol. The molecule has 4 aromatic rings. The molecular formula is C27H19FN2OS. The van der Waals surface area contributed by atoms with Crippen molar-refractivity contribution >= 4 is 23.1 Å². The fourth-order valence-corrected chi connectivity index (χ4v) is 5.67. The van der Waals surface area contributed by atoms with Crippen LogP contribution in [0.5, 0.6) is 0 Å².